The molecule has 1 aliphatic rings. The fourth-order valence-corrected chi connectivity index (χ4v) is 2.42. The maximum Gasteiger partial charge on any atom is 0.312 e. The second kappa shape index (κ2) is 4.43. The van der Waals surface area contributed by atoms with Gasteiger partial charge in [0.25, 0.3) is 0 Å². The summed E-state index contributed by atoms with van der Waals surface area (Å²) in [4.78, 5) is 15.4. The Hall–Kier alpha value is -1.38. The lowest BCUT2D eigenvalue weighted by molar-refractivity contribution is -0.140. The lowest BCUT2D eigenvalue weighted by Crippen LogP contribution is -2.20. The van der Waals surface area contributed by atoms with Crippen molar-refractivity contribution in [2.24, 2.45) is 5.92 Å². The Morgan fingerprint density at radius 1 is 1.40 bits per heavy atom. The van der Waals surface area contributed by atoms with Crippen LogP contribution in [0.1, 0.15) is 37.3 Å². The first-order valence-corrected chi connectivity index (χ1v) is 5.43. The molecular formula is C12H15NO2. The van der Waals surface area contributed by atoms with Crippen molar-refractivity contribution in [3.8, 4) is 0 Å². The van der Waals surface area contributed by atoms with Gasteiger partial charge in [0.2, 0.25) is 0 Å². The van der Waals surface area contributed by atoms with Gasteiger partial charge in [0.1, 0.15) is 5.92 Å². The van der Waals surface area contributed by atoms with Crippen LogP contribution in [0.4, 0.5) is 0 Å². The van der Waals surface area contributed by atoms with Crippen LogP contribution in [-0.2, 0) is 4.79 Å². The molecule has 1 atom stereocenters. The maximum absolute atomic E-state index is 11.2. The number of hydrogen-bond acceptors (Lipinski definition) is 2. The molecule has 1 N–H and O–H groups in total. The van der Waals surface area contributed by atoms with E-state index in [4.69, 9.17) is 0 Å². The lowest BCUT2D eigenvalue weighted by atomic mass is 9.88. The number of aromatic nitrogens is 1. The number of rotatable bonds is 3. The third-order valence-electron chi connectivity index (χ3n) is 3.14. The zero-order valence-corrected chi connectivity index (χ0v) is 8.60. The zero-order valence-electron chi connectivity index (χ0n) is 8.60. The molecular weight excluding hydrogens is 190 g/mol. The lowest BCUT2D eigenvalue weighted by Gasteiger charge is -2.18. The number of carboxylic acids is 1. The van der Waals surface area contributed by atoms with Crippen LogP contribution in [0.5, 0.6) is 0 Å². The van der Waals surface area contributed by atoms with E-state index in [9.17, 15) is 9.90 Å². The fourth-order valence-electron chi connectivity index (χ4n) is 2.42. The van der Waals surface area contributed by atoms with Crippen molar-refractivity contribution in [1.29, 1.82) is 0 Å². The van der Waals surface area contributed by atoms with Crippen LogP contribution in [0.15, 0.2) is 24.4 Å². The summed E-state index contributed by atoms with van der Waals surface area (Å²) in [5.41, 5.74) is 0.705. The van der Waals surface area contributed by atoms with Gasteiger partial charge in [-0.15, -0.1) is 0 Å². The molecule has 0 saturated heterocycles. The Bertz CT molecular complexity index is 331. The molecule has 0 spiro atoms. The highest BCUT2D eigenvalue weighted by Crippen LogP contribution is 2.36. The molecule has 0 unspecified atom stereocenters. The molecule has 2 rings (SSSR count). The molecule has 1 aliphatic carbocycles. The number of carboxylic acid groups (broad SMARTS) is 1. The molecule has 80 valence electrons. The Morgan fingerprint density at radius 2 is 2.13 bits per heavy atom. The van der Waals surface area contributed by atoms with Crippen molar-refractivity contribution in [1.82, 2.24) is 4.98 Å². The van der Waals surface area contributed by atoms with Gasteiger partial charge in [-0.3, -0.25) is 9.78 Å². The molecule has 1 fully saturated rings. The van der Waals surface area contributed by atoms with Crippen molar-refractivity contribution in [2.45, 2.75) is 31.6 Å². The standard InChI is InChI=1S/C12H15NO2/c14-12(15)11(9-5-1-2-6-9)10-7-3-4-8-13-10/h3-4,7-9,11H,1-2,5-6H2,(H,14,15)/t11-/m0/s1. The first-order chi connectivity index (χ1) is 7.29. The zero-order chi connectivity index (χ0) is 10.7. The van der Waals surface area contributed by atoms with Gasteiger partial charge in [0.05, 0.1) is 5.69 Å². The normalized spacial score (nSPS) is 18.9. The molecule has 1 saturated carbocycles. The molecule has 1 aromatic heterocycles. The van der Waals surface area contributed by atoms with E-state index in [0.29, 0.717) is 5.69 Å². The number of aliphatic carboxylic acids is 1. The van der Waals surface area contributed by atoms with E-state index in [1.165, 1.54) is 0 Å². The molecule has 0 bridgehead atoms. The van der Waals surface area contributed by atoms with E-state index in [1.54, 1.807) is 6.20 Å². The van der Waals surface area contributed by atoms with E-state index >= 15 is 0 Å². The highest BCUT2D eigenvalue weighted by Gasteiger charge is 2.32. The molecule has 0 amide bonds. The second-order valence-electron chi connectivity index (χ2n) is 4.12. The second-order valence-corrected chi connectivity index (χ2v) is 4.12. The molecule has 1 aromatic rings. The monoisotopic (exact) mass is 205 g/mol. The Labute approximate surface area is 89.2 Å². The van der Waals surface area contributed by atoms with Crippen molar-refractivity contribution in [2.75, 3.05) is 0 Å². The van der Waals surface area contributed by atoms with Gasteiger partial charge in [-0.25, -0.2) is 0 Å². The van der Waals surface area contributed by atoms with E-state index in [0.717, 1.165) is 25.7 Å². The Balaban J connectivity index is 2.23. The van der Waals surface area contributed by atoms with Gasteiger partial charge in [0.15, 0.2) is 0 Å². The van der Waals surface area contributed by atoms with Crippen LogP contribution in [0.25, 0.3) is 0 Å². The van der Waals surface area contributed by atoms with Gasteiger partial charge >= 0.3 is 5.97 Å². The van der Waals surface area contributed by atoms with E-state index in [2.05, 4.69) is 4.98 Å². The molecule has 0 radical (unpaired) electrons. The average Bonchev–Trinajstić information content (AvgIpc) is 2.72. The summed E-state index contributed by atoms with van der Waals surface area (Å²) in [6.45, 7) is 0. The summed E-state index contributed by atoms with van der Waals surface area (Å²) >= 11 is 0. The smallest absolute Gasteiger partial charge is 0.312 e. The number of carbonyl (C=O) groups is 1. The minimum absolute atomic E-state index is 0.275. The van der Waals surface area contributed by atoms with Crippen LogP contribution in [0.3, 0.4) is 0 Å². The van der Waals surface area contributed by atoms with Gasteiger partial charge in [-0.05, 0) is 30.9 Å². The highest BCUT2D eigenvalue weighted by molar-refractivity contribution is 5.75. The first kappa shape index (κ1) is 10.1. The summed E-state index contributed by atoms with van der Waals surface area (Å²) in [5.74, 6) is -0.869. The summed E-state index contributed by atoms with van der Waals surface area (Å²) in [5, 5.41) is 9.25. The summed E-state index contributed by atoms with van der Waals surface area (Å²) in [6.07, 6.45) is 6.02. The van der Waals surface area contributed by atoms with Gasteiger partial charge in [0, 0.05) is 6.20 Å². The van der Waals surface area contributed by atoms with E-state index in [1.807, 2.05) is 18.2 Å². The average molecular weight is 205 g/mol. The van der Waals surface area contributed by atoms with Crippen molar-refractivity contribution < 1.29 is 9.90 Å². The molecule has 3 nitrogen and oxygen atoms in total. The largest absolute Gasteiger partial charge is 0.481 e. The van der Waals surface area contributed by atoms with Gasteiger partial charge < -0.3 is 5.11 Å². The fraction of sp³-hybridized carbons (Fsp3) is 0.500. The highest BCUT2D eigenvalue weighted by atomic mass is 16.4. The predicted octanol–water partition coefficient (Wildman–Crippen LogP) is 2.44. The predicted molar refractivity (Wildman–Crippen MR) is 56.6 cm³/mol. The van der Waals surface area contributed by atoms with Crippen molar-refractivity contribution >= 4 is 5.97 Å². The molecule has 15 heavy (non-hydrogen) atoms. The summed E-state index contributed by atoms with van der Waals surface area (Å²) in [7, 11) is 0. The van der Waals surface area contributed by atoms with E-state index in [-0.39, 0.29) is 5.92 Å². The third-order valence-corrected chi connectivity index (χ3v) is 3.14. The van der Waals surface area contributed by atoms with Gasteiger partial charge in [-0.1, -0.05) is 18.9 Å². The third kappa shape index (κ3) is 2.17. The van der Waals surface area contributed by atoms with Crippen LogP contribution in [-0.4, -0.2) is 16.1 Å². The van der Waals surface area contributed by atoms with Crippen LogP contribution < -0.4 is 0 Å². The minimum atomic E-state index is -0.736. The number of hydrogen-bond donors (Lipinski definition) is 1. The topological polar surface area (TPSA) is 50.2 Å². The summed E-state index contributed by atoms with van der Waals surface area (Å²) < 4.78 is 0. The van der Waals surface area contributed by atoms with Crippen LogP contribution >= 0.6 is 0 Å². The Kier molecular flexibility index (Phi) is 2.99. The molecule has 0 aromatic carbocycles. The van der Waals surface area contributed by atoms with E-state index < -0.39 is 11.9 Å². The van der Waals surface area contributed by atoms with Crippen LogP contribution in [0, 0.1) is 5.92 Å². The van der Waals surface area contributed by atoms with Gasteiger partial charge in [-0.2, -0.15) is 0 Å². The van der Waals surface area contributed by atoms with Crippen molar-refractivity contribution in [3.05, 3.63) is 30.1 Å². The van der Waals surface area contributed by atoms with Crippen molar-refractivity contribution in [3.63, 3.8) is 0 Å². The summed E-state index contributed by atoms with van der Waals surface area (Å²) in [6, 6.07) is 5.49. The number of nitrogens with zero attached hydrogens (tertiary/aromatic N) is 1. The first-order valence-electron chi connectivity index (χ1n) is 5.43. The SMILES string of the molecule is O=C(O)[C@H](c1ccccn1)C1CCCC1. The van der Waals surface area contributed by atoms with Crippen LogP contribution in [0.2, 0.25) is 0 Å². The Morgan fingerprint density at radius 3 is 2.67 bits per heavy atom. The molecule has 3 heteroatoms. The maximum atomic E-state index is 11.2. The molecule has 1 heterocycles. The number of pyridine rings is 1. The minimum Gasteiger partial charge on any atom is -0.481 e. The quantitative estimate of drug-likeness (QED) is 0.824. The molecule has 0 aliphatic heterocycles.